The van der Waals surface area contributed by atoms with E-state index < -0.39 is 17.9 Å². The predicted octanol–water partition coefficient (Wildman–Crippen LogP) is -3.14. The topological polar surface area (TPSA) is 137 Å². The van der Waals surface area contributed by atoms with E-state index in [-0.39, 0.29) is 25.3 Å². The number of rotatable bonds is 0. The van der Waals surface area contributed by atoms with Crippen molar-refractivity contribution in [1.29, 1.82) is 0 Å². The molecule has 0 bridgehead atoms. The third-order valence-corrected chi connectivity index (χ3v) is 0. The first-order valence-corrected chi connectivity index (χ1v) is 3.93. The van der Waals surface area contributed by atoms with Crippen molar-refractivity contribution in [1.82, 2.24) is 0 Å². The summed E-state index contributed by atoms with van der Waals surface area (Å²) < 4.78 is 0. The number of hydrogen-bond donors (Lipinski definition) is 0. The zero-order chi connectivity index (χ0) is 14.3. The first-order chi connectivity index (χ1) is 6.93. The van der Waals surface area contributed by atoms with Gasteiger partial charge in [0.2, 0.25) is 0 Å². The fraction of sp³-hybridized carbons (Fsp3) is 0.556. The average molecular weight is 336 g/mol. The molecule has 0 aliphatic rings. The molecule has 0 aliphatic carbocycles. The zero-order valence-electron chi connectivity index (χ0n) is 10.2. The molecule has 0 rings (SSSR count). The second-order valence-electron chi connectivity index (χ2n) is 2.38. The molecule has 0 saturated heterocycles. The molecule has 0 aromatic carbocycles. The van der Waals surface area contributed by atoms with Crippen LogP contribution in [0.2, 0.25) is 0 Å². The van der Waals surface area contributed by atoms with Crippen molar-refractivity contribution >= 4 is 23.7 Å². The molecule has 0 N–H and O–H groups in total. The van der Waals surface area contributed by atoms with Crippen LogP contribution in [0.25, 0.3) is 0 Å². The van der Waals surface area contributed by atoms with Gasteiger partial charge in [-0.3, -0.25) is 0 Å². The number of carboxylic acids is 3. The van der Waals surface area contributed by atoms with Gasteiger partial charge in [-0.2, -0.15) is 0 Å². The maximum absolute atomic E-state index is 9.44. The number of carboxylic acid groups (broad SMARTS) is 3. The van der Waals surface area contributed by atoms with Crippen molar-refractivity contribution in [3.05, 3.63) is 0 Å². The van der Waals surface area contributed by atoms with Crippen molar-refractivity contribution in [2.45, 2.75) is 34.6 Å². The molecule has 1 radical (unpaired) electrons. The van der Waals surface area contributed by atoms with Gasteiger partial charge in [-0.15, -0.1) is 0 Å². The predicted molar refractivity (Wildman–Crippen MR) is 48.4 cm³/mol. The first kappa shape index (κ1) is 29.6. The second kappa shape index (κ2) is 24.1. The molecule has 7 nitrogen and oxygen atoms in total. The van der Waals surface area contributed by atoms with E-state index in [9.17, 15) is 4.79 Å². The van der Waals surface area contributed by atoms with Gasteiger partial charge in [0.05, 0.1) is 0 Å². The molecule has 0 heterocycles. The van der Waals surface area contributed by atoms with E-state index >= 15 is 0 Å². The van der Waals surface area contributed by atoms with Crippen LogP contribution in [-0.2, 0) is 38.7 Å². The second-order valence-corrected chi connectivity index (χ2v) is 2.38. The van der Waals surface area contributed by atoms with Crippen molar-refractivity contribution < 1.29 is 54.0 Å². The molecular weight excluding hydrogens is 321 g/mol. The number of Topliss-reactive ketones (excluding diaryl/α,β-unsaturated/α-hetero) is 1. The monoisotopic (exact) mass is 337 g/mol. The standard InChI is InChI=1S/C3H6O.3C2H4O2.Ru/c1-3(2)4;3*1-2(3)4;/h1-2H3;3*1H3,(H,3,4);/q;;;;+3/p-3. The van der Waals surface area contributed by atoms with Crippen LogP contribution in [0.15, 0.2) is 0 Å². The number of carbonyl (C=O) groups is 4. The Hall–Kier alpha value is -1.30. The van der Waals surface area contributed by atoms with Gasteiger partial charge in [0.25, 0.3) is 0 Å². The minimum Gasteiger partial charge on any atom is -0.550 e. The van der Waals surface area contributed by atoms with E-state index in [0.717, 1.165) is 20.8 Å². The molecule has 0 amide bonds. The molecule has 0 spiro atoms. The Labute approximate surface area is 113 Å². The van der Waals surface area contributed by atoms with Crippen LogP contribution < -0.4 is 15.3 Å². The van der Waals surface area contributed by atoms with Gasteiger partial charge in [-0.25, -0.2) is 0 Å². The van der Waals surface area contributed by atoms with E-state index in [0.29, 0.717) is 0 Å². The van der Waals surface area contributed by atoms with Crippen molar-refractivity contribution in [3.8, 4) is 0 Å². The Kier molecular flexibility index (Phi) is 42.0. The summed E-state index contributed by atoms with van der Waals surface area (Å²) >= 11 is 0. The van der Waals surface area contributed by atoms with E-state index in [1.807, 2.05) is 0 Å². The number of aliphatic carboxylic acids is 3. The van der Waals surface area contributed by atoms with Gasteiger partial charge in [-0.05, 0) is 34.6 Å². The third kappa shape index (κ3) is 1410. The SMILES string of the molecule is CC(=O)[O-].CC(=O)[O-].CC(=O)[O-].CC(C)=O.[Ru+3]. The Morgan fingerprint density at radius 1 is 0.588 bits per heavy atom. The van der Waals surface area contributed by atoms with Crippen molar-refractivity contribution in [2.24, 2.45) is 0 Å². The molecule has 0 fully saturated rings. The van der Waals surface area contributed by atoms with Gasteiger partial charge < -0.3 is 34.5 Å². The van der Waals surface area contributed by atoms with Crippen LogP contribution in [-0.4, -0.2) is 23.7 Å². The van der Waals surface area contributed by atoms with E-state index in [1.165, 1.54) is 13.8 Å². The van der Waals surface area contributed by atoms with Crippen LogP contribution in [0.5, 0.6) is 0 Å². The van der Waals surface area contributed by atoms with Gasteiger partial charge >= 0.3 is 19.5 Å². The van der Waals surface area contributed by atoms with Crippen molar-refractivity contribution in [3.63, 3.8) is 0 Å². The molecule has 0 unspecified atom stereocenters. The van der Waals surface area contributed by atoms with Gasteiger partial charge in [0, 0.05) is 17.9 Å². The number of carbonyl (C=O) groups excluding carboxylic acids is 4. The quantitative estimate of drug-likeness (QED) is 0.426. The van der Waals surface area contributed by atoms with E-state index in [2.05, 4.69) is 0 Å². The molecule has 17 heavy (non-hydrogen) atoms. The zero-order valence-corrected chi connectivity index (χ0v) is 11.9. The summed E-state index contributed by atoms with van der Waals surface area (Å²) in [5, 5.41) is 26.7. The Morgan fingerprint density at radius 2 is 0.588 bits per heavy atom. The fourth-order valence-corrected chi connectivity index (χ4v) is 0. The molecule has 8 heteroatoms. The molecule has 0 atom stereocenters. The molecular formula is C9H15O7Ru. The van der Waals surface area contributed by atoms with Crippen LogP contribution in [0.3, 0.4) is 0 Å². The molecule has 101 valence electrons. The maximum atomic E-state index is 9.44. The largest absolute Gasteiger partial charge is 3.00 e. The van der Waals surface area contributed by atoms with Crippen LogP contribution in [0, 0.1) is 0 Å². The summed E-state index contributed by atoms with van der Waals surface area (Å²) in [5.74, 6) is -3.08. The molecule has 0 aromatic heterocycles. The summed E-state index contributed by atoms with van der Waals surface area (Å²) in [6, 6.07) is 0. The van der Waals surface area contributed by atoms with E-state index in [1.54, 1.807) is 0 Å². The van der Waals surface area contributed by atoms with Crippen molar-refractivity contribution in [2.75, 3.05) is 0 Å². The smallest absolute Gasteiger partial charge is 0.550 e. The van der Waals surface area contributed by atoms with Crippen LogP contribution in [0.4, 0.5) is 0 Å². The summed E-state index contributed by atoms with van der Waals surface area (Å²) in [6.45, 7) is 5.97. The average Bonchev–Trinajstić information content (AvgIpc) is 1.76. The maximum Gasteiger partial charge on any atom is 3.00 e. The summed E-state index contributed by atoms with van der Waals surface area (Å²) in [4.78, 5) is 36.1. The number of ketones is 1. The van der Waals surface area contributed by atoms with Crippen LogP contribution in [0.1, 0.15) is 34.6 Å². The Morgan fingerprint density at radius 3 is 0.588 bits per heavy atom. The van der Waals surface area contributed by atoms with Crippen LogP contribution >= 0.6 is 0 Å². The molecule has 0 aromatic rings. The fourth-order valence-electron chi connectivity index (χ4n) is 0. The van der Waals surface area contributed by atoms with Gasteiger partial charge in [0.15, 0.2) is 0 Å². The first-order valence-electron chi connectivity index (χ1n) is 3.93. The van der Waals surface area contributed by atoms with E-state index in [4.69, 9.17) is 29.7 Å². The minimum atomic E-state index is -1.08. The minimum absolute atomic E-state index is 0. The van der Waals surface area contributed by atoms with Gasteiger partial charge in [0.1, 0.15) is 5.78 Å². The Bertz CT molecular complexity index is 161. The summed E-state index contributed by atoms with van der Waals surface area (Å²) in [7, 11) is 0. The molecule has 0 aliphatic heterocycles. The summed E-state index contributed by atoms with van der Waals surface area (Å²) in [6.07, 6.45) is 0. The third-order valence-electron chi connectivity index (χ3n) is 0. The normalized spacial score (nSPS) is 5.94. The molecule has 0 saturated carbocycles. The summed E-state index contributed by atoms with van der Waals surface area (Å²) in [5.41, 5.74) is 0. The Balaban J connectivity index is -0.0000000369. The van der Waals surface area contributed by atoms with Gasteiger partial charge in [-0.1, -0.05) is 0 Å². The number of hydrogen-bond acceptors (Lipinski definition) is 7.